The Morgan fingerprint density at radius 2 is 1.73 bits per heavy atom. The number of nitrogens with zero attached hydrogens (tertiary/aromatic N) is 1. The van der Waals surface area contributed by atoms with Crippen LogP contribution in [0.15, 0.2) is 72.8 Å². The number of amides is 2. The molecule has 0 bridgehead atoms. The molecule has 0 fully saturated rings. The first-order valence-corrected chi connectivity index (χ1v) is 9.63. The minimum absolute atomic E-state index is 0.207. The minimum Gasteiger partial charge on any atom is -0.476 e. The van der Waals surface area contributed by atoms with Crippen LogP contribution in [0.5, 0.6) is 5.75 Å². The highest BCUT2D eigenvalue weighted by molar-refractivity contribution is 6.04. The predicted molar refractivity (Wildman–Crippen MR) is 113 cm³/mol. The van der Waals surface area contributed by atoms with E-state index in [-0.39, 0.29) is 11.5 Å². The molecular formula is C24H22N2O4. The first kappa shape index (κ1) is 19.7. The molecule has 1 heterocycles. The lowest BCUT2D eigenvalue weighted by molar-refractivity contribution is -0.132. The van der Waals surface area contributed by atoms with Gasteiger partial charge in [-0.15, -0.1) is 0 Å². The van der Waals surface area contributed by atoms with Gasteiger partial charge >= 0.3 is 0 Å². The lowest BCUT2D eigenvalue weighted by Gasteiger charge is -2.39. The van der Waals surface area contributed by atoms with Crippen molar-refractivity contribution in [1.29, 1.82) is 0 Å². The Morgan fingerprint density at radius 1 is 1.00 bits per heavy atom. The first-order valence-electron chi connectivity index (χ1n) is 9.63. The summed E-state index contributed by atoms with van der Waals surface area (Å²) in [6, 6.07) is 22.8. The first-order chi connectivity index (χ1) is 14.4. The van der Waals surface area contributed by atoms with E-state index in [1.807, 2.05) is 48.5 Å². The van der Waals surface area contributed by atoms with Crippen LogP contribution in [0, 0.1) is 0 Å². The number of carbonyl (C=O) groups is 2. The van der Waals surface area contributed by atoms with Gasteiger partial charge in [-0.2, -0.15) is 0 Å². The number of fused-ring (bicyclic) bond motifs is 1. The molecule has 6 nitrogen and oxygen atoms in total. The van der Waals surface area contributed by atoms with Crippen molar-refractivity contribution in [2.75, 3.05) is 4.90 Å². The van der Waals surface area contributed by atoms with Gasteiger partial charge in [-0.05, 0) is 54.8 Å². The summed E-state index contributed by atoms with van der Waals surface area (Å²) in [6.07, 6.45) is 0. The van der Waals surface area contributed by atoms with Gasteiger partial charge in [0.15, 0.2) is 5.60 Å². The van der Waals surface area contributed by atoms with Crippen LogP contribution in [-0.2, 0) is 11.3 Å². The van der Waals surface area contributed by atoms with E-state index in [0.717, 1.165) is 16.7 Å². The molecule has 2 amide bonds. The van der Waals surface area contributed by atoms with Crippen LogP contribution in [0.1, 0.15) is 29.8 Å². The van der Waals surface area contributed by atoms with Crippen LogP contribution in [0.2, 0.25) is 0 Å². The van der Waals surface area contributed by atoms with Gasteiger partial charge in [0.05, 0.1) is 12.2 Å². The van der Waals surface area contributed by atoms with Crippen molar-refractivity contribution < 1.29 is 19.5 Å². The number of carbonyl (C=O) groups excluding carboxylic acids is 2. The van der Waals surface area contributed by atoms with Gasteiger partial charge in [0.25, 0.3) is 11.8 Å². The van der Waals surface area contributed by atoms with Crippen molar-refractivity contribution in [3.05, 3.63) is 83.9 Å². The monoisotopic (exact) mass is 402 g/mol. The lowest BCUT2D eigenvalue weighted by Crippen LogP contribution is -2.52. The van der Waals surface area contributed by atoms with Crippen molar-refractivity contribution in [3.63, 3.8) is 0 Å². The number of benzene rings is 3. The molecule has 1 aliphatic rings. The Kier molecular flexibility index (Phi) is 5.01. The maximum absolute atomic E-state index is 13.2. The molecular weight excluding hydrogens is 380 g/mol. The van der Waals surface area contributed by atoms with E-state index in [0.29, 0.717) is 18.0 Å². The number of hydroxylamine groups is 1. The molecule has 0 spiro atoms. The van der Waals surface area contributed by atoms with Crippen LogP contribution < -0.4 is 15.1 Å². The highest BCUT2D eigenvalue weighted by Gasteiger charge is 2.41. The fraction of sp³-hybridized carbons (Fsp3) is 0.167. The molecule has 0 aromatic heterocycles. The fourth-order valence-electron chi connectivity index (χ4n) is 3.59. The summed E-state index contributed by atoms with van der Waals surface area (Å²) in [5.74, 6) is -0.351. The Morgan fingerprint density at radius 3 is 2.47 bits per heavy atom. The van der Waals surface area contributed by atoms with Crippen LogP contribution in [-0.4, -0.2) is 22.6 Å². The van der Waals surface area contributed by atoms with E-state index in [2.05, 4.69) is 6.07 Å². The Bertz CT molecular complexity index is 1110. The maximum atomic E-state index is 13.2. The van der Waals surface area contributed by atoms with Crippen molar-refractivity contribution >= 4 is 17.5 Å². The largest absolute Gasteiger partial charge is 0.476 e. The third-order valence-corrected chi connectivity index (χ3v) is 5.11. The van der Waals surface area contributed by atoms with Crippen molar-refractivity contribution in [3.8, 4) is 16.9 Å². The van der Waals surface area contributed by atoms with Crippen LogP contribution in [0.25, 0.3) is 11.1 Å². The summed E-state index contributed by atoms with van der Waals surface area (Å²) in [6.45, 7) is 3.77. The summed E-state index contributed by atoms with van der Waals surface area (Å²) < 4.78 is 5.88. The molecule has 0 radical (unpaired) electrons. The second-order valence-electron chi connectivity index (χ2n) is 7.69. The van der Waals surface area contributed by atoms with E-state index in [9.17, 15) is 9.59 Å². The zero-order valence-electron chi connectivity index (χ0n) is 16.8. The van der Waals surface area contributed by atoms with Crippen LogP contribution in [0.4, 0.5) is 5.69 Å². The molecule has 0 atom stereocenters. The number of anilines is 1. The summed E-state index contributed by atoms with van der Waals surface area (Å²) in [5.41, 5.74) is 4.41. The molecule has 4 rings (SSSR count). The normalized spacial score (nSPS) is 14.6. The minimum atomic E-state index is -1.04. The number of hydrogen-bond acceptors (Lipinski definition) is 4. The van der Waals surface area contributed by atoms with Gasteiger partial charge in [-0.3, -0.25) is 14.8 Å². The molecule has 0 aliphatic carbocycles. The highest BCUT2D eigenvalue weighted by atomic mass is 16.5. The van der Waals surface area contributed by atoms with Crippen molar-refractivity contribution in [2.24, 2.45) is 0 Å². The molecule has 0 unspecified atom stereocenters. The third-order valence-electron chi connectivity index (χ3n) is 5.11. The average Bonchev–Trinajstić information content (AvgIpc) is 2.77. The summed E-state index contributed by atoms with van der Waals surface area (Å²) in [5, 5.41) is 8.96. The quantitative estimate of drug-likeness (QED) is 0.507. The third kappa shape index (κ3) is 3.65. The van der Waals surface area contributed by atoms with Gasteiger partial charge in [0, 0.05) is 5.56 Å². The second kappa shape index (κ2) is 7.65. The van der Waals surface area contributed by atoms with E-state index >= 15 is 0 Å². The van der Waals surface area contributed by atoms with E-state index in [1.54, 1.807) is 42.4 Å². The van der Waals surface area contributed by atoms with Crippen LogP contribution >= 0.6 is 0 Å². The zero-order chi connectivity index (χ0) is 21.3. The molecule has 0 saturated heterocycles. The second-order valence-corrected chi connectivity index (χ2v) is 7.69. The van der Waals surface area contributed by atoms with E-state index < -0.39 is 11.5 Å². The number of hydrogen-bond donors (Lipinski definition) is 2. The maximum Gasteiger partial charge on any atom is 0.274 e. The highest BCUT2D eigenvalue weighted by Crippen LogP contribution is 2.39. The fourth-order valence-corrected chi connectivity index (χ4v) is 3.59. The summed E-state index contributed by atoms with van der Waals surface area (Å²) in [7, 11) is 0. The SMILES string of the molecule is CC1(C)Oc2ccc(C(=O)NO)cc2N(Cc2cccc(-c3ccccc3)c2)C1=O. The Balaban J connectivity index is 1.73. The molecule has 152 valence electrons. The van der Waals surface area contributed by atoms with Gasteiger partial charge in [-0.25, -0.2) is 5.48 Å². The molecule has 2 N–H and O–H groups in total. The van der Waals surface area contributed by atoms with Crippen molar-refractivity contribution in [2.45, 2.75) is 26.0 Å². The van der Waals surface area contributed by atoms with Gasteiger partial charge in [-0.1, -0.05) is 48.5 Å². The van der Waals surface area contributed by atoms with Gasteiger partial charge in [0.1, 0.15) is 5.75 Å². The molecule has 1 aliphatic heterocycles. The topological polar surface area (TPSA) is 78.9 Å². The van der Waals surface area contributed by atoms with Gasteiger partial charge < -0.3 is 9.64 Å². The van der Waals surface area contributed by atoms with E-state index in [1.165, 1.54) is 0 Å². The molecule has 30 heavy (non-hydrogen) atoms. The van der Waals surface area contributed by atoms with E-state index in [4.69, 9.17) is 9.94 Å². The molecule has 6 heteroatoms. The predicted octanol–water partition coefficient (Wildman–Crippen LogP) is 4.18. The number of rotatable bonds is 4. The molecule has 3 aromatic carbocycles. The van der Waals surface area contributed by atoms with Gasteiger partial charge in [0.2, 0.25) is 0 Å². The smallest absolute Gasteiger partial charge is 0.274 e. The Labute approximate surface area is 174 Å². The van der Waals surface area contributed by atoms with Crippen LogP contribution in [0.3, 0.4) is 0 Å². The van der Waals surface area contributed by atoms with Crippen molar-refractivity contribution in [1.82, 2.24) is 5.48 Å². The lowest BCUT2D eigenvalue weighted by atomic mass is 10.00. The summed E-state index contributed by atoms with van der Waals surface area (Å²) >= 11 is 0. The Hall–Kier alpha value is -3.64. The number of ether oxygens (including phenoxy) is 1. The molecule has 3 aromatic rings. The number of nitrogens with one attached hydrogen (secondary N) is 1. The zero-order valence-corrected chi connectivity index (χ0v) is 16.8. The average molecular weight is 402 g/mol. The standard InChI is InChI=1S/C24H22N2O4/c1-24(2)23(28)26(20-14-19(22(27)25-29)11-12-21(20)30-24)15-16-7-6-10-18(13-16)17-8-4-3-5-9-17/h3-14,29H,15H2,1-2H3,(H,25,27). The molecule has 0 saturated carbocycles. The summed E-state index contributed by atoms with van der Waals surface area (Å²) in [4.78, 5) is 26.7.